The number of nitrogens with zero attached hydrogens (tertiary/aromatic N) is 3. The van der Waals surface area contributed by atoms with Gasteiger partial charge in [-0.2, -0.15) is 0 Å². The fraction of sp³-hybridized carbons (Fsp3) is 0.545. The van der Waals surface area contributed by atoms with E-state index in [4.69, 9.17) is 16.3 Å². The van der Waals surface area contributed by atoms with Crippen molar-refractivity contribution < 1.29 is 9.53 Å². The van der Waals surface area contributed by atoms with E-state index in [0.717, 1.165) is 0 Å². The molecule has 2 heterocycles. The maximum Gasteiger partial charge on any atom is 0.224 e. The van der Waals surface area contributed by atoms with Gasteiger partial charge in [-0.25, -0.2) is 9.97 Å². The van der Waals surface area contributed by atoms with Gasteiger partial charge in [-0.1, -0.05) is 0 Å². The second kappa shape index (κ2) is 6.51. The number of aromatic nitrogens is 2. The Labute approximate surface area is 110 Å². The predicted molar refractivity (Wildman–Crippen MR) is 67.5 cm³/mol. The molecule has 0 spiro atoms. The first-order chi connectivity index (χ1) is 8.75. The van der Waals surface area contributed by atoms with Crippen molar-refractivity contribution in [3.05, 3.63) is 17.5 Å². The Kier molecular flexibility index (Phi) is 4.72. The number of ether oxygens (including phenoxy) is 1. The molecule has 1 amide bonds. The van der Waals surface area contributed by atoms with Gasteiger partial charge < -0.3 is 15.0 Å². The Hall–Kier alpha value is -1.40. The summed E-state index contributed by atoms with van der Waals surface area (Å²) in [5.74, 6) is 0.760. The number of amides is 1. The molecule has 1 fully saturated rings. The van der Waals surface area contributed by atoms with Crippen LogP contribution < -0.4 is 5.32 Å². The number of hydrogen-bond donors (Lipinski definition) is 1. The summed E-state index contributed by atoms with van der Waals surface area (Å²) in [6.07, 6.45) is 2.00. The third kappa shape index (κ3) is 3.82. The zero-order chi connectivity index (χ0) is 12.8. The number of carbonyl (C=O) groups is 1. The average Bonchev–Trinajstić information content (AvgIpc) is 2.40. The quantitative estimate of drug-likeness (QED) is 0.820. The van der Waals surface area contributed by atoms with Crippen LogP contribution in [0.3, 0.4) is 0 Å². The van der Waals surface area contributed by atoms with Crippen molar-refractivity contribution >= 4 is 23.3 Å². The minimum atomic E-state index is 0.131. The van der Waals surface area contributed by atoms with Crippen molar-refractivity contribution in [3.63, 3.8) is 0 Å². The molecule has 0 atom stereocenters. The summed E-state index contributed by atoms with van der Waals surface area (Å²) in [6.45, 7) is 3.14. The van der Waals surface area contributed by atoms with Crippen LogP contribution in [0.4, 0.5) is 5.82 Å². The van der Waals surface area contributed by atoms with E-state index < -0.39 is 0 Å². The number of hydrogen-bond acceptors (Lipinski definition) is 5. The summed E-state index contributed by atoms with van der Waals surface area (Å²) >= 11 is 5.66. The Morgan fingerprint density at radius 2 is 2.28 bits per heavy atom. The number of anilines is 1. The normalized spacial score (nSPS) is 15.5. The van der Waals surface area contributed by atoms with Gasteiger partial charge in [-0.15, -0.1) is 0 Å². The highest BCUT2D eigenvalue weighted by molar-refractivity contribution is 6.28. The number of carbonyl (C=O) groups excluding carboxylic acids is 1. The molecule has 2 rings (SSSR count). The lowest BCUT2D eigenvalue weighted by Gasteiger charge is -2.26. The van der Waals surface area contributed by atoms with Crippen LogP contribution in [-0.2, 0) is 9.53 Å². The minimum Gasteiger partial charge on any atom is -0.378 e. The van der Waals surface area contributed by atoms with Crippen LogP contribution in [-0.4, -0.2) is 53.6 Å². The third-order valence-corrected chi connectivity index (χ3v) is 2.82. The smallest absolute Gasteiger partial charge is 0.224 e. The van der Waals surface area contributed by atoms with Crippen molar-refractivity contribution in [1.29, 1.82) is 0 Å². The Morgan fingerprint density at radius 1 is 1.50 bits per heavy atom. The summed E-state index contributed by atoms with van der Waals surface area (Å²) < 4.78 is 5.20. The van der Waals surface area contributed by atoms with E-state index in [0.29, 0.717) is 45.1 Å². The molecule has 1 aromatic heterocycles. The Balaban J connectivity index is 1.73. The average molecular weight is 271 g/mol. The first-order valence-electron chi connectivity index (χ1n) is 5.83. The van der Waals surface area contributed by atoms with Crippen molar-refractivity contribution in [2.24, 2.45) is 0 Å². The molecule has 6 nitrogen and oxygen atoms in total. The lowest BCUT2D eigenvalue weighted by atomic mass is 10.3. The van der Waals surface area contributed by atoms with Gasteiger partial charge in [0.1, 0.15) is 5.82 Å². The van der Waals surface area contributed by atoms with Gasteiger partial charge in [-0.05, 0) is 17.7 Å². The molecule has 0 saturated carbocycles. The summed E-state index contributed by atoms with van der Waals surface area (Å²) in [7, 11) is 0. The molecular weight excluding hydrogens is 256 g/mol. The lowest BCUT2D eigenvalue weighted by Crippen LogP contribution is -2.41. The van der Waals surface area contributed by atoms with Crippen LogP contribution in [0.25, 0.3) is 0 Å². The topological polar surface area (TPSA) is 67.4 Å². The second-order valence-corrected chi connectivity index (χ2v) is 4.22. The zero-order valence-corrected chi connectivity index (χ0v) is 10.7. The molecule has 0 aromatic carbocycles. The van der Waals surface area contributed by atoms with Gasteiger partial charge in [0.2, 0.25) is 11.2 Å². The van der Waals surface area contributed by atoms with Crippen LogP contribution in [0.5, 0.6) is 0 Å². The van der Waals surface area contributed by atoms with Crippen molar-refractivity contribution in [1.82, 2.24) is 14.9 Å². The number of halogens is 1. The van der Waals surface area contributed by atoms with Crippen molar-refractivity contribution in [2.75, 3.05) is 38.2 Å². The fourth-order valence-corrected chi connectivity index (χ4v) is 1.85. The van der Waals surface area contributed by atoms with Gasteiger partial charge in [0.15, 0.2) is 0 Å². The molecular formula is C11H15ClN4O2. The van der Waals surface area contributed by atoms with E-state index in [1.54, 1.807) is 12.3 Å². The molecule has 98 valence electrons. The summed E-state index contributed by atoms with van der Waals surface area (Å²) in [6, 6.07) is 1.71. The number of nitrogens with one attached hydrogen (secondary N) is 1. The van der Waals surface area contributed by atoms with E-state index in [1.807, 2.05) is 4.90 Å². The molecule has 1 N–H and O–H groups in total. The zero-order valence-electron chi connectivity index (χ0n) is 9.93. The van der Waals surface area contributed by atoms with Gasteiger partial charge in [0, 0.05) is 32.3 Å². The first kappa shape index (κ1) is 13.0. The van der Waals surface area contributed by atoms with Gasteiger partial charge in [0.25, 0.3) is 0 Å². The van der Waals surface area contributed by atoms with E-state index in [2.05, 4.69) is 15.3 Å². The molecule has 1 aromatic rings. The van der Waals surface area contributed by atoms with Crippen LogP contribution in [0.2, 0.25) is 5.28 Å². The van der Waals surface area contributed by atoms with E-state index in [9.17, 15) is 4.79 Å². The number of rotatable bonds is 4. The standard InChI is InChI=1S/C11H15ClN4O2/c12-11-14-3-1-9(15-11)13-4-2-10(17)16-5-7-18-8-6-16/h1,3H,2,4-8H2,(H,13,14,15). The highest BCUT2D eigenvalue weighted by Gasteiger charge is 2.15. The maximum absolute atomic E-state index is 11.8. The molecule has 1 aliphatic heterocycles. The Morgan fingerprint density at radius 3 is 3.00 bits per heavy atom. The predicted octanol–water partition coefficient (Wildman–Crippen LogP) is 0.791. The van der Waals surface area contributed by atoms with Crippen molar-refractivity contribution in [2.45, 2.75) is 6.42 Å². The molecule has 18 heavy (non-hydrogen) atoms. The lowest BCUT2D eigenvalue weighted by molar-refractivity contribution is -0.134. The van der Waals surface area contributed by atoms with Crippen molar-refractivity contribution in [3.8, 4) is 0 Å². The molecule has 0 radical (unpaired) electrons. The molecule has 1 saturated heterocycles. The van der Waals surface area contributed by atoms with E-state index in [1.165, 1.54) is 0 Å². The molecule has 7 heteroatoms. The largest absolute Gasteiger partial charge is 0.378 e. The van der Waals surface area contributed by atoms with E-state index in [-0.39, 0.29) is 11.2 Å². The minimum absolute atomic E-state index is 0.131. The van der Waals surface area contributed by atoms with Gasteiger partial charge >= 0.3 is 0 Å². The third-order valence-electron chi connectivity index (χ3n) is 2.63. The van der Waals surface area contributed by atoms with Gasteiger partial charge in [-0.3, -0.25) is 4.79 Å². The van der Waals surface area contributed by atoms with Crippen LogP contribution in [0.15, 0.2) is 12.3 Å². The van der Waals surface area contributed by atoms with Crippen LogP contribution in [0, 0.1) is 0 Å². The monoisotopic (exact) mass is 270 g/mol. The maximum atomic E-state index is 11.8. The number of morpholine rings is 1. The Bertz CT molecular complexity index is 410. The highest BCUT2D eigenvalue weighted by Crippen LogP contribution is 2.06. The molecule has 0 unspecified atom stereocenters. The molecule has 1 aliphatic rings. The summed E-state index contributed by atoms with van der Waals surface area (Å²) in [5, 5.41) is 3.24. The first-order valence-corrected chi connectivity index (χ1v) is 6.21. The summed E-state index contributed by atoms with van der Waals surface area (Å²) in [4.78, 5) is 21.4. The molecule has 0 bridgehead atoms. The highest BCUT2D eigenvalue weighted by atomic mass is 35.5. The SMILES string of the molecule is O=C(CCNc1ccnc(Cl)n1)N1CCOCC1. The van der Waals surface area contributed by atoms with Gasteiger partial charge in [0.05, 0.1) is 13.2 Å². The second-order valence-electron chi connectivity index (χ2n) is 3.88. The van der Waals surface area contributed by atoms with E-state index >= 15 is 0 Å². The van der Waals surface area contributed by atoms with Crippen LogP contribution >= 0.6 is 11.6 Å². The fourth-order valence-electron chi connectivity index (χ4n) is 1.70. The van der Waals surface area contributed by atoms with Crippen LogP contribution in [0.1, 0.15) is 6.42 Å². The molecule has 0 aliphatic carbocycles. The summed E-state index contributed by atoms with van der Waals surface area (Å²) in [5.41, 5.74) is 0.